The standard InChI is InChI=1S/C14H16N2O5/c17-13(18)5-9-7-16(8-9)14(19)15-10-1-2-11-12(6-10)21-4-3-20-11/h1-2,6,9H,3-5,7-8H2,(H,15,19)(H,17,18). The van der Waals surface area contributed by atoms with E-state index in [4.69, 9.17) is 14.6 Å². The van der Waals surface area contributed by atoms with Gasteiger partial charge in [-0.15, -0.1) is 0 Å². The Morgan fingerprint density at radius 3 is 2.67 bits per heavy atom. The highest BCUT2D eigenvalue weighted by Crippen LogP contribution is 2.32. The molecule has 0 saturated carbocycles. The van der Waals surface area contributed by atoms with Gasteiger partial charge in [0.2, 0.25) is 0 Å². The number of carboxylic acids is 1. The third kappa shape index (κ3) is 3.01. The van der Waals surface area contributed by atoms with E-state index in [-0.39, 0.29) is 18.4 Å². The summed E-state index contributed by atoms with van der Waals surface area (Å²) in [5.41, 5.74) is 0.630. The Morgan fingerprint density at radius 2 is 1.95 bits per heavy atom. The number of carbonyl (C=O) groups excluding carboxylic acids is 1. The number of anilines is 1. The zero-order chi connectivity index (χ0) is 14.8. The number of hydrogen-bond acceptors (Lipinski definition) is 4. The Bertz CT molecular complexity index is 568. The van der Waals surface area contributed by atoms with Crippen LogP contribution in [0.2, 0.25) is 0 Å². The van der Waals surface area contributed by atoms with Crippen molar-refractivity contribution in [3.63, 3.8) is 0 Å². The van der Waals surface area contributed by atoms with Crippen LogP contribution in [0.5, 0.6) is 11.5 Å². The van der Waals surface area contributed by atoms with Crippen LogP contribution in [0.25, 0.3) is 0 Å². The zero-order valence-corrected chi connectivity index (χ0v) is 11.4. The molecule has 0 aliphatic carbocycles. The molecule has 1 aromatic rings. The molecule has 7 nitrogen and oxygen atoms in total. The van der Waals surface area contributed by atoms with Crippen molar-refractivity contribution in [2.75, 3.05) is 31.6 Å². The molecular weight excluding hydrogens is 276 g/mol. The maximum atomic E-state index is 12.0. The van der Waals surface area contributed by atoms with Crippen molar-refractivity contribution in [1.29, 1.82) is 0 Å². The number of likely N-dealkylation sites (tertiary alicyclic amines) is 1. The van der Waals surface area contributed by atoms with Crippen molar-refractivity contribution in [2.45, 2.75) is 6.42 Å². The molecule has 112 valence electrons. The van der Waals surface area contributed by atoms with Crippen LogP contribution in [-0.2, 0) is 4.79 Å². The van der Waals surface area contributed by atoms with E-state index >= 15 is 0 Å². The van der Waals surface area contributed by atoms with Gasteiger partial charge in [0.1, 0.15) is 13.2 Å². The molecule has 7 heteroatoms. The Kier molecular flexibility index (Phi) is 3.55. The van der Waals surface area contributed by atoms with Gasteiger partial charge in [0.05, 0.1) is 6.42 Å². The Labute approximate surface area is 121 Å². The van der Waals surface area contributed by atoms with Crippen LogP contribution in [0, 0.1) is 5.92 Å². The molecule has 21 heavy (non-hydrogen) atoms. The van der Waals surface area contributed by atoms with E-state index in [2.05, 4.69) is 5.32 Å². The van der Waals surface area contributed by atoms with Crippen molar-refractivity contribution >= 4 is 17.7 Å². The number of carbonyl (C=O) groups is 2. The Hall–Kier alpha value is -2.44. The minimum Gasteiger partial charge on any atom is -0.486 e. The quantitative estimate of drug-likeness (QED) is 0.879. The largest absolute Gasteiger partial charge is 0.486 e. The lowest BCUT2D eigenvalue weighted by atomic mass is 9.97. The normalized spacial score (nSPS) is 17.0. The summed E-state index contributed by atoms with van der Waals surface area (Å²) in [7, 11) is 0. The van der Waals surface area contributed by atoms with Gasteiger partial charge in [-0.3, -0.25) is 4.79 Å². The highest BCUT2D eigenvalue weighted by molar-refractivity contribution is 5.90. The first-order chi connectivity index (χ1) is 10.1. The van der Waals surface area contributed by atoms with Crippen LogP contribution >= 0.6 is 0 Å². The summed E-state index contributed by atoms with van der Waals surface area (Å²) in [5, 5.41) is 11.4. The van der Waals surface area contributed by atoms with Gasteiger partial charge in [-0.2, -0.15) is 0 Å². The fraction of sp³-hybridized carbons (Fsp3) is 0.429. The number of aliphatic carboxylic acids is 1. The van der Waals surface area contributed by atoms with Crippen LogP contribution in [0.3, 0.4) is 0 Å². The predicted octanol–water partition coefficient (Wildman–Crippen LogP) is 1.40. The molecule has 0 aromatic heterocycles. The van der Waals surface area contributed by atoms with Crippen LogP contribution in [0.1, 0.15) is 6.42 Å². The highest BCUT2D eigenvalue weighted by atomic mass is 16.6. The van der Waals surface area contributed by atoms with Gasteiger partial charge in [-0.05, 0) is 12.1 Å². The lowest BCUT2D eigenvalue weighted by Crippen LogP contribution is -2.52. The van der Waals surface area contributed by atoms with E-state index in [1.54, 1.807) is 23.1 Å². The van der Waals surface area contributed by atoms with Crippen molar-refractivity contribution in [2.24, 2.45) is 5.92 Å². The average molecular weight is 292 g/mol. The van der Waals surface area contributed by atoms with Crippen molar-refractivity contribution < 1.29 is 24.2 Å². The van der Waals surface area contributed by atoms with Crippen LogP contribution < -0.4 is 14.8 Å². The average Bonchev–Trinajstić information content (AvgIpc) is 2.42. The van der Waals surface area contributed by atoms with Crippen LogP contribution in [0.15, 0.2) is 18.2 Å². The van der Waals surface area contributed by atoms with Crippen molar-refractivity contribution in [3.8, 4) is 11.5 Å². The minimum absolute atomic E-state index is 0.0496. The molecule has 3 rings (SSSR count). The summed E-state index contributed by atoms with van der Waals surface area (Å²) in [6.07, 6.45) is 0.105. The number of amides is 2. The molecule has 0 bridgehead atoms. The summed E-state index contributed by atoms with van der Waals surface area (Å²) < 4.78 is 10.9. The molecule has 1 aromatic carbocycles. The van der Waals surface area contributed by atoms with Gasteiger partial charge in [-0.25, -0.2) is 4.79 Å². The molecule has 2 aliphatic rings. The Balaban J connectivity index is 1.55. The predicted molar refractivity (Wildman–Crippen MR) is 73.8 cm³/mol. The minimum atomic E-state index is -0.827. The van der Waals surface area contributed by atoms with E-state index in [0.717, 1.165) is 0 Å². The number of carboxylic acid groups (broad SMARTS) is 1. The molecule has 0 radical (unpaired) electrons. The molecule has 2 N–H and O–H groups in total. The lowest BCUT2D eigenvalue weighted by molar-refractivity contribution is -0.139. The summed E-state index contributed by atoms with van der Waals surface area (Å²) in [5.74, 6) is 0.511. The third-order valence-electron chi connectivity index (χ3n) is 3.50. The van der Waals surface area contributed by atoms with E-state index in [1.807, 2.05) is 0 Å². The lowest BCUT2D eigenvalue weighted by Gasteiger charge is -2.38. The molecule has 1 fully saturated rings. The molecule has 2 aliphatic heterocycles. The summed E-state index contributed by atoms with van der Waals surface area (Å²) >= 11 is 0. The third-order valence-corrected chi connectivity index (χ3v) is 3.50. The first-order valence-corrected chi connectivity index (χ1v) is 6.79. The first-order valence-electron chi connectivity index (χ1n) is 6.79. The second-order valence-corrected chi connectivity index (χ2v) is 5.16. The number of urea groups is 1. The zero-order valence-electron chi connectivity index (χ0n) is 11.4. The first kappa shape index (κ1) is 13.5. The monoisotopic (exact) mass is 292 g/mol. The number of fused-ring (bicyclic) bond motifs is 1. The topological polar surface area (TPSA) is 88.1 Å². The van der Waals surface area contributed by atoms with Gasteiger partial charge < -0.3 is 24.8 Å². The Morgan fingerprint density at radius 1 is 1.24 bits per heavy atom. The summed E-state index contributed by atoms with van der Waals surface area (Å²) in [4.78, 5) is 24.1. The van der Waals surface area contributed by atoms with E-state index in [1.165, 1.54) is 0 Å². The van der Waals surface area contributed by atoms with Crippen LogP contribution in [-0.4, -0.2) is 48.3 Å². The fourth-order valence-electron chi connectivity index (χ4n) is 2.44. The highest BCUT2D eigenvalue weighted by Gasteiger charge is 2.32. The molecular formula is C14H16N2O5. The van der Waals surface area contributed by atoms with E-state index in [9.17, 15) is 9.59 Å². The number of nitrogens with one attached hydrogen (secondary N) is 1. The molecule has 0 unspecified atom stereocenters. The number of ether oxygens (including phenoxy) is 2. The number of rotatable bonds is 3. The molecule has 0 spiro atoms. The molecule has 2 amide bonds. The van der Waals surface area contributed by atoms with Gasteiger partial charge >= 0.3 is 12.0 Å². The van der Waals surface area contributed by atoms with Gasteiger partial charge in [-0.1, -0.05) is 0 Å². The van der Waals surface area contributed by atoms with Gasteiger partial charge in [0.15, 0.2) is 11.5 Å². The van der Waals surface area contributed by atoms with Crippen molar-refractivity contribution in [1.82, 2.24) is 4.90 Å². The number of nitrogens with zero attached hydrogens (tertiary/aromatic N) is 1. The van der Waals surface area contributed by atoms with E-state index in [0.29, 0.717) is 43.5 Å². The second-order valence-electron chi connectivity index (χ2n) is 5.16. The number of benzene rings is 1. The van der Waals surface area contributed by atoms with Crippen LogP contribution in [0.4, 0.5) is 10.5 Å². The van der Waals surface area contributed by atoms with Gasteiger partial charge in [0.25, 0.3) is 0 Å². The molecule has 1 saturated heterocycles. The summed E-state index contributed by atoms with van der Waals surface area (Å²) in [6.45, 7) is 1.97. The number of hydrogen-bond donors (Lipinski definition) is 2. The van der Waals surface area contributed by atoms with E-state index < -0.39 is 5.97 Å². The SMILES string of the molecule is O=C(O)CC1CN(C(=O)Nc2ccc3c(c2)OCCO3)C1. The molecule has 0 atom stereocenters. The maximum absolute atomic E-state index is 12.0. The maximum Gasteiger partial charge on any atom is 0.321 e. The second kappa shape index (κ2) is 5.51. The molecule has 2 heterocycles. The summed E-state index contributed by atoms with van der Waals surface area (Å²) in [6, 6.07) is 5.00. The van der Waals surface area contributed by atoms with Gasteiger partial charge in [0, 0.05) is 30.8 Å². The smallest absolute Gasteiger partial charge is 0.321 e. The van der Waals surface area contributed by atoms with Crippen molar-refractivity contribution in [3.05, 3.63) is 18.2 Å². The fourth-order valence-corrected chi connectivity index (χ4v) is 2.44.